The first-order chi connectivity index (χ1) is 13.1. The smallest absolute Gasteiger partial charge is 0.339 e. The molecule has 1 N–H and O–H groups in total. The van der Waals surface area contributed by atoms with Gasteiger partial charge in [0.25, 0.3) is 5.91 Å². The zero-order valence-electron chi connectivity index (χ0n) is 14.8. The Hall–Kier alpha value is -3.49. The Morgan fingerprint density at radius 3 is 2.44 bits per heavy atom. The molecular weight excluding hydrogens is 350 g/mol. The molecule has 1 fully saturated rings. The molecule has 1 aromatic carbocycles. The lowest BCUT2D eigenvalue weighted by Gasteiger charge is -2.32. The van der Waals surface area contributed by atoms with Crippen LogP contribution in [-0.2, 0) is 9.53 Å². The van der Waals surface area contributed by atoms with Gasteiger partial charge >= 0.3 is 5.97 Å². The minimum Gasteiger partial charge on any atom is -0.465 e. The summed E-state index contributed by atoms with van der Waals surface area (Å²) < 4.78 is 4.71. The molecule has 1 aliphatic heterocycles. The van der Waals surface area contributed by atoms with Gasteiger partial charge in [-0.2, -0.15) is 0 Å². The molecule has 0 atom stereocenters. The second-order valence-electron chi connectivity index (χ2n) is 5.90. The van der Waals surface area contributed by atoms with E-state index in [1.54, 1.807) is 41.3 Å². The molecule has 0 aliphatic carbocycles. The second-order valence-corrected chi connectivity index (χ2v) is 5.90. The second kappa shape index (κ2) is 8.26. The van der Waals surface area contributed by atoms with Crippen LogP contribution in [0.25, 0.3) is 0 Å². The van der Waals surface area contributed by atoms with Gasteiger partial charge in [0.2, 0.25) is 6.41 Å². The highest BCUT2D eigenvalue weighted by molar-refractivity contribution is 6.07. The summed E-state index contributed by atoms with van der Waals surface area (Å²) in [4.78, 5) is 38.7. The highest BCUT2D eigenvalue weighted by Gasteiger charge is 2.19. The Balaban J connectivity index is 1.68. The monoisotopic (exact) mass is 369 g/mol. The maximum atomic E-state index is 12.4. The number of nitrogens with zero attached hydrogens (tertiary/aromatic N) is 4. The van der Waals surface area contributed by atoms with Crippen LogP contribution >= 0.6 is 0 Å². The van der Waals surface area contributed by atoms with Gasteiger partial charge in [0.15, 0.2) is 11.5 Å². The number of piperazine rings is 1. The van der Waals surface area contributed by atoms with Crippen molar-refractivity contribution in [3.8, 4) is 0 Å². The molecule has 1 saturated heterocycles. The average molecular weight is 369 g/mol. The molecule has 0 spiro atoms. The molecule has 1 aromatic heterocycles. The summed E-state index contributed by atoms with van der Waals surface area (Å²) in [5.74, 6) is -0.370. The fourth-order valence-electron chi connectivity index (χ4n) is 2.74. The van der Waals surface area contributed by atoms with Gasteiger partial charge in [-0.25, -0.2) is 4.79 Å². The van der Waals surface area contributed by atoms with E-state index < -0.39 is 11.9 Å². The predicted molar refractivity (Wildman–Crippen MR) is 97.6 cm³/mol. The number of amides is 2. The number of para-hydroxylation sites is 1. The molecule has 9 nitrogen and oxygen atoms in total. The van der Waals surface area contributed by atoms with Crippen molar-refractivity contribution < 1.29 is 19.1 Å². The molecule has 0 unspecified atom stereocenters. The van der Waals surface area contributed by atoms with Crippen LogP contribution in [-0.4, -0.2) is 66.7 Å². The normalized spacial score (nSPS) is 13.8. The number of methoxy groups -OCH3 is 1. The molecule has 0 bridgehead atoms. The summed E-state index contributed by atoms with van der Waals surface area (Å²) in [6, 6.07) is 9.85. The van der Waals surface area contributed by atoms with Crippen molar-refractivity contribution in [2.75, 3.05) is 43.5 Å². The molecule has 9 heteroatoms. The first-order valence-electron chi connectivity index (χ1n) is 8.39. The van der Waals surface area contributed by atoms with Gasteiger partial charge < -0.3 is 19.9 Å². The van der Waals surface area contributed by atoms with Crippen LogP contribution in [0.3, 0.4) is 0 Å². The van der Waals surface area contributed by atoms with Gasteiger partial charge in [-0.05, 0) is 24.3 Å². The number of hydrogen-bond donors (Lipinski definition) is 1. The van der Waals surface area contributed by atoms with E-state index in [0.717, 1.165) is 6.41 Å². The largest absolute Gasteiger partial charge is 0.465 e. The van der Waals surface area contributed by atoms with E-state index in [2.05, 4.69) is 15.5 Å². The van der Waals surface area contributed by atoms with Crippen molar-refractivity contribution in [3.63, 3.8) is 0 Å². The van der Waals surface area contributed by atoms with Gasteiger partial charge in [-0.1, -0.05) is 12.1 Å². The number of rotatable bonds is 5. The van der Waals surface area contributed by atoms with Gasteiger partial charge in [-0.15, -0.1) is 10.2 Å². The average Bonchev–Trinajstić information content (AvgIpc) is 2.73. The van der Waals surface area contributed by atoms with Gasteiger partial charge in [-0.3, -0.25) is 9.59 Å². The van der Waals surface area contributed by atoms with Crippen LogP contribution in [0.4, 0.5) is 11.5 Å². The zero-order chi connectivity index (χ0) is 19.2. The summed E-state index contributed by atoms with van der Waals surface area (Å²) in [5.41, 5.74) is 0.723. The fraction of sp³-hybridized carbons (Fsp3) is 0.278. The SMILES string of the molecule is COC(=O)c1ccccc1NC(=O)c1ccc(N2CCN(C=O)CC2)nn1. The maximum absolute atomic E-state index is 12.4. The molecule has 2 heterocycles. The molecule has 0 saturated carbocycles. The third kappa shape index (κ3) is 4.20. The quantitative estimate of drug-likeness (QED) is 0.614. The number of benzene rings is 1. The Bertz CT molecular complexity index is 832. The van der Waals surface area contributed by atoms with E-state index in [0.29, 0.717) is 37.7 Å². The van der Waals surface area contributed by atoms with Crippen LogP contribution in [0, 0.1) is 0 Å². The number of aromatic nitrogens is 2. The van der Waals surface area contributed by atoms with Crippen molar-refractivity contribution in [1.82, 2.24) is 15.1 Å². The van der Waals surface area contributed by atoms with Crippen LogP contribution < -0.4 is 10.2 Å². The van der Waals surface area contributed by atoms with E-state index in [1.807, 2.05) is 4.90 Å². The van der Waals surface area contributed by atoms with E-state index in [9.17, 15) is 14.4 Å². The summed E-state index contributed by atoms with van der Waals surface area (Å²) in [6.07, 6.45) is 0.836. The lowest BCUT2D eigenvalue weighted by Crippen LogP contribution is -2.46. The lowest BCUT2D eigenvalue weighted by molar-refractivity contribution is -0.118. The Labute approximate surface area is 155 Å². The molecule has 27 heavy (non-hydrogen) atoms. The van der Waals surface area contributed by atoms with Crippen molar-refractivity contribution in [1.29, 1.82) is 0 Å². The first kappa shape index (κ1) is 18.3. The van der Waals surface area contributed by atoms with Crippen molar-refractivity contribution >= 4 is 29.8 Å². The Kier molecular flexibility index (Phi) is 5.60. The molecule has 3 rings (SSSR count). The van der Waals surface area contributed by atoms with Gasteiger partial charge in [0.05, 0.1) is 18.4 Å². The zero-order valence-corrected chi connectivity index (χ0v) is 14.8. The maximum Gasteiger partial charge on any atom is 0.339 e. The van der Waals surface area contributed by atoms with Crippen molar-refractivity contribution in [2.24, 2.45) is 0 Å². The molecule has 1 aliphatic rings. The fourth-order valence-corrected chi connectivity index (χ4v) is 2.74. The number of carbonyl (C=O) groups is 3. The Morgan fingerprint density at radius 1 is 1.07 bits per heavy atom. The minimum absolute atomic E-state index is 0.130. The van der Waals surface area contributed by atoms with Crippen molar-refractivity contribution in [3.05, 3.63) is 47.7 Å². The summed E-state index contributed by atoms with van der Waals surface area (Å²) >= 11 is 0. The highest BCUT2D eigenvalue weighted by atomic mass is 16.5. The lowest BCUT2D eigenvalue weighted by atomic mass is 10.1. The van der Waals surface area contributed by atoms with E-state index in [-0.39, 0.29) is 11.3 Å². The number of nitrogens with one attached hydrogen (secondary N) is 1. The third-order valence-corrected chi connectivity index (χ3v) is 4.25. The molecule has 140 valence electrons. The summed E-state index contributed by atoms with van der Waals surface area (Å²) in [6.45, 7) is 2.56. The van der Waals surface area contributed by atoms with E-state index in [4.69, 9.17) is 4.74 Å². The van der Waals surface area contributed by atoms with Crippen LogP contribution in [0.1, 0.15) is 20.8 Å². The highest BCUT2D eigenvalue weighted by Crippen LogP contribution is 2.17. The third-order valence-electron chi connectivity index (χ3n) is 4.25. The molecule has 2 amide bonds. The number of ether oxygens (including phenoxy) is 1. The first-order valence-corrected chi connectivity index (χ1v) is 8.39. The van der Waals surface area contributed by atoms with Crippen LogP contribution in [0.5, 0.6) is 0 Å². The van der Waals surface area contributed by atoms with Crippen LogP contribution in [0.2, 0.25) is 0 Å². The van der Waals surface area contributed by atoms with Crippen molar-refractivity contribution in [2.45, 2.75) is 0 Å². The predicted octanol–water partition coefficient (Wildman–Crippen LogP) is 0.794. The van der Waals surface area contributed by atoms with Gasteiger partial charge in [0.1, 0.15) is 0 Å². The Morgan fingerprint density at radius 2 is 1.81 bits per heavy atom. The standard InChI is InChI=1S/C18H19N5O4/c1-27-18(26)13-4-2-3-5-14(13)19-17(25)15-6-7-16(21-20-15)23-10-8-22(12-24)9-11-23/h2-7,12H,8-11H2,1H3,(H,19,25). The van der Waals surface area contributed by atoms with E-state index in [1.165, 1.54) is 7.11 Å². The number of anilines is 2. The molecular formula is C18H19N5O4. The number of hydrogen-bond acceptors (Lipinski definition) is 7. The summed E-state index contributed by atoms with van der Waals surface area (Å²) in [5, 5.41) is 10.7. The van der Waals surface area contributed by atoms with Gasteiger partial charge in [0, 0.05) is 26.2 Å². The topological polar surface area (TPSA) is 105 Å². The van der Waals surface area contributed by atoms with E-state index >= 15 is 0 Å². The minimum atomic E-state index is -0.540. The molecule has 0 radical (unpaired) electrons. The molecule has 2 aromatic rings. The van der Waals surface area contributed by atoms with Crippen LogP contribution in [0.15, 0.2) is 36.4 Å². The summed E-state index contributed by atoms with van der Waals surface area (Å²) in [7, 11) is 1.28. The number of esters is 1. The number of carbonyl (C=O) groups excluding carboxylic acids is 3.